The zero-order chi connectivity index (χ0) is 18.7. The predicted octanol–water partition coefficient (Wildman–Crippen LogP) is 1.53. The zero-order valence-electron chi connectivity index (χ0n) is 14.4. The van der Waals surface area contributed by atoms with Crippen LogP contribution in [0.15, 0.2) is 23.0 Å². The summed E-state index contributed by atoms with van der Waals surface area (Å²) in [6, 6.07) is 4.01. The van der Waals surface area contributed by atoms with Gasteiger partial charge in [0.2, 0.25) is 5.91 Å². The molecule has 1 N–H and O–H groups in total. The van der Waals surface area contributed by atoms with Crippen molar-refractivity contribution in [3.8, 4) is 0 Å². The molecular formula is C17H20ClFN4O3. The summed E-state index contributed by atoms with van der Waals surface area (Å²) in [5.41, 5.74) is 0.293. The largest absolute Gasteiger partial charge is 0.383 e. The van der Waals surface area contributed by atoms with Gasteiger partial charge >= 0.3 is 5.69 Å². The Labute approximate surface area is 154 Å². The molecule has 1 aliphatic rings. The second kappa shape index (κ2) is 8.01. The number of nitrogens with one attached hydrogen (secondary N) is 1. The SMILES string of the molecule is COCCNC(=O)C1CCCn2c1nn(Cc1ccc(F)cc1Cl)c2=O. The summed E-state index contributed by atoms with van der Waals surface area (Å²) in [4.78, 5) is 25.0. The summed E-state index contributed by atoms with van der Waals surface area (Å²) >= 11 is 6.04. The first kappa shape index (κ1) is 18.6. The topological polar surface area (TPSA) is 78.2 Å². The van der Waals surface area contributed by atoms with Gasteiger partial charge in [0.1, 0.15) is 11.6 Å². The summed E-state index contributed by atoms with van der Waals surface area (Å²) in [5.74, 6) is -0.629. The molecule has 1 amide bonds. The average Bonchev–Trinajstić information content (AvgIpc) is 2.93. The minimum absolute atomic E-state index is 0.121. The Morgan fingerprint density at radius 1 is 1.50 bits per heavy atom. The van der Waals surface area contributed by atoms with Crippen LogP contribution < -0.4 is 11.0 Å². The van der Waals surface area contributed by atoms with Crippen LogP contribution in [0.5, 0.6) is 0 Å². The Bertz CT molecular complexity index is 864. The van der Waals surface area contributed by atoms with Crippen LogP contribution >= 0.6 is 11.6 Å². The number of fused-ring (bicyclic) bond motifs is 1. The molecule has 2 heterocycles. The first-order valence-corrected chi connectivity index (χ1v) is 8.77. The third kappa shape index (κ3) is 3.81. The molecule has 1 aliphatic heterocycles. The van der Waals surface area contributed by atoms with Crippen molar-refractivity contribution >= 4 is 17.5 Å². The van der Waals surface area contributed by atoms with Gasteiger partial charge in [-0.25, -0.2) is 13.9 Å². The number of carbonyl (C=O) groups excluding carboxylic acids is 1. The number of halogens is 2. The molecular weight excluding hydrogens is 363 g/mol. The fourth-order valence-corrected chi connectivity index (χ4v) is 3.30. The second-order valence-electron chi connectivity index (χ2n) is 6.16. The molecule has 1 atom stereocenters. The van der Waals surface area contributed by atoms with E-state index in [9.17, 15) is 14.0 Å². The lowest BCUT2D eigenvalue weighted by atomic mass is 9.98. The summed E-state index contributed by atoms with van der Waals surface area (Å²) in [7, 11) is 1.56. The van der Waals surface area contributed by atoms with Gasteiger partial charge in [0.05, 0.1) is 19.1 Å². The lowest BCUT2D eigenvalue weighted by molar-refractivity contribution is -0.123. The fraction of sp³-hybridized carbons (Fsp3) is 0.471. The average molecular weight is 383 g/mol. The molecule has 0 bridgehead atoms. The van der Waals surface area contributed by atoms with Gasteiger partial charge in [-0.05, 0) is 30.5 Å². The highest BCUT2D eigenvalue weighted by Gasteiger charge is 2.31. The molecule has 0 aliphatic carbocycles. The Morgan fingerprint density at radius 2 is 2.31 bits per heavy atom. The number of carbonyl (C=O) groups is 1. The molecule has 1 aromatic heterocycles. The van der Waals surface area contributed by atoms with Crippen LogP contribution in [0.1, 0.15) is 30.1 Å². The summed E-state index contributed by atoms with van der Waals surface area (Å²) in [6.45, 7) is 1.47. The summed E-state index contributed by atoms with van der Waals surface area (Å²) in [6.07, 6.45) is 1.35. The number of amides is 1. The lowest BCUT2D eigenvalue weighted by Gasteiger charge is -2.21. The van der Waals surface area contributed by atoms with E-state index in [4.69, 9.17) is 16.3 Å². The van der Waals surface area contributed by atoms with Gasteiger partial charge in [-0.3, -0.25) is 9.36 Å². The van der Waals surface area contributed by atoms with Crippen molar-refractivity contribution < 1.29 is 13.9 Å². The highest BCUT2D eigenvalue weighted by Crippen LogP contribution is 2.25. The Morgan fingerprint density at radius 3 is 3.04 bits per heavy atom. The number of hydrogen-bond acceptors (Lipinski definition) is 4. The Hall–Kier alpha value is -2.19. The van der Waals surface area contributed by atoms with Crippen LogP contribution in [0.4, 0.5) is 4.39 Å². The maximum Gasteiger partial charge on any atom is 0.346 e. The van der Waals surface area contributed by atoms with Gasteiger partial charge in [-0.1, -0.05) is 17.7 Å². The van der Waals surface area contributed by atoms with E-state index in [0.29, 0.717) is 37.5 Å². The first-order chi connectivity index (χ1) is 12.5. The van der Waals surface area contributed by atoms with Gasteiger partial charge < -0.3 is 10.1 Å². The van der Waals surface area contributed by atoms with Crippen molar-refractivity contribution in [2.45, 2.75) is 31.8 Å². The van der Waals surface area contributed by atoms with Crippen LogP contribution in [-0.4, -0.2) is 40.5 Å². The van der Waals surface area contributed by atoms with E-state index in [1.54, 1.807) is 7.11 Å². The van der Waals surface area contributed by atoms with Gasteiger partial charge in [0.25, 0.3) is 0 Å². The predicted molar refractivity (Wildman–Crippen MR) is 93.9 cm³/mol. The van der Waals surface area contributed by atoms with E-state index in [-0.39, 0.29) is 23.2 Å². The molecule has 0 radical (unpaired) electrons. The molecule has 1 unspecified atom stereocenters. The Balaban J connectivity index is 1.85. The smallest absolute Gasteiger partial charge is 0.346 e. The molecule has 0 spiro atoms. The molecule has 0 saturated heterocycles. The molecule has 2 aromatic rings. The van der Waals surface area contributed by atoms with Crippen molar-refractivity contribution in [1.82, 2.24) is 19.7 Å². The summed E-state index contributed by atoms with van der Waals surface area (Å²) < 4.78 is 20.9. The number of hydrogen-bond donors (Lipinski definition) is 1. The van der Waals surface area contributed by atoms with Crippen molar-refractivity contribution in [2.24, 2.45) is 0 Å². The quantitative estimate of drug-likeness (QED) is 0.768. The van der Waals surface area contributed by atoms with E-state index >= 15 is 0 Å². The van der Waals surface area contributed by atoms with E-state index < -0.39 is 11.7 Å². The molecule has 0 saturated carbocycles. The second-order valence-corrected chi connectivity index (χ2v) is 6.57. The number of aromatic nitrogens is 3. The number of nitrogens with zero attached hydrogens (tertiary/aromatic N) is 3. The van der Waals surface area contributed by atoms with Crippen LogP contribution in [0.2, 0.25) is 5.02 Å². The summed E-state index contributed by atoms with van der Waals surface area (Å²) in [5, 5.41) is 7.39. The number of benzene rings is 1. The van der Waals surface area contributed by atoms with Crippen LogP contribution in [-0.2, 0) is 22.6 Å². The third-order valence-corrected chi connectivity index (χ3v) is 4.75. The molecule has 7 nitrogen and oxygen atoms in total. The fourth-order valence-electron chi connectivity index (χ4n) is 3.07. The number of ether oxygens (including phenoxy) is 1. The van der Waals surface area contributed by atoms with E-state index in [1.807, 2.05) is 0 Å². The van der Waals surface area contributed by atoms with Crippen molar-refractivity contribution in [2.75, 3.05) is 20.3 Å². The van der Waals surface area contributed by atoms with Crippen LogP contribution in [0, 0.1) is 5.82 Å². The molecule has 0 fully saturated rings. The van der Waals surface area contributed by atoms with E-state index in [1.165, 1.54) is 27.4 Å². The highest BCUT2D eigenvalue weighted by molar-refractivity contribution is 6.31. The normalized spacial score (nSPS) is 16.3. The number of rotatable bonds is 6. The lowest BCUT2D eigenvalue weighted by Crippen LogP contribution is -2.36. The molecule has 140 valence electrons. The van der Waals surface area contributed by atoms with Crippen LogP contribution in [0.3, 0.4) is 0 Å². The van der Waals surface area contributed by atoms with Crippen molar-refractivity contribution in [1.29, 1.82) is 0 Å². The van der Waals surface area contributed by atoms with E-state index in [0.717, 1.165) is 6.42 Å². The highest BCUT2D eigenvalue weighted by atomic mass is 35.5. The molecule has 26 heavy (non-hydrogen) atoms. The minimum atomic E-state index is -0.474. The van der Waals surface area contributed by atoms with Gasteiger partial charge in [0.15, 0.2) is 0 Å². The molecule has 9 heteroatoms. The number of methoxy groups -OCH3 is 1. The molecule has 3 rings (SSSR count). The van der Waals surface area contributed by atoms with Gasteiger partial charge in [-0.15, -0.1) is 0 Å². The third-order valence-electron chi connectivity index (χ3n) is 4.39. The Kier molecular flexibility index (Phi) is 5.73. The monoisotopic (exact) mass is 382 g/mol. The molecule has 1 aromatic carbocycles. The van der Waals surface area contributed by atoms with Crippen molar-refractivity contribution in [3.05, 3.63) is 50.9 Å². The first-order valence-electron chi connectivity index (χ1n) is 8.39. The maximum atomic E-state index is 13.2. The van der Waals surface area contributed by atoms with Gasteiger partial charge in [-0.2, -0.15) is 5.10 Å². The van der Waals surface area contributed by atoms with E-state index in [2.05, 4.69) is 10.4 Å². The van der Waals surface area contributed by atoms with Gasteiger partial charge in [0, 0.05) is 25.2 Å². The minimum Gasteiger partial charge on any atom is -0.383 e. The maximum absolute atomic E-state index is 13.2. The van der Waals surface area contributed by atoms with Crippen molar-refractivity contribution in [3.63, 3.8) is 0 Å². The van der Waals surface area contributed by atoms with Crippen LogP contribution in [0.25, 0.3) is 0 Å². The standard InChI is InChI=1S/C17H20ClFN4O3/c1-26-8-6-20-16(24)13-3-2-7-22-15(13)21-23(17(22)25)10-11-4-5-12(19)9-14(11)18/h4-5,9,13H,2-3,6-8,10H2,1H3,(H,20,24). The zero-order valence-corrected chi connectivity index (χ0v) is 15.1.